The Kier molecular flexibility index (Phi) is 27.0. The van der Waals surface area contributed by atoms with Crippen LogP contribution in [0.2, 0.25) is 0 Å². The Hall–Kier alpha value is -1.02. The Morgan fingerprint density at radius 3 is 2.05 bits per heavy atom. The van der Waals surface area contributed by atoms with E-state index in [9.17, 15) is 0 Å². The topological polar surface area (TPSA) is 35.2 Å². The number of ether oxygens (including phenoxy) is 1. The van der Waals surface area contributed by atoms with Gasteiger partial charge in [-0.1, -0.05) is 67.0 Å². The largest absolute Gasteiger partial charge is 0.492 e. The molecule has 0 unspecified atom stereocenters. The lowest BCUT2D eigenvalue weighted by molar-refractivity contribution is 0.328. The maximum atomic E-state index is 5.42. The van der Waals surface area contributed by atoms with Crippen LogP contribution in [0.5, 0.6) is 5.75 Å². The minimum atomic E-state index is 0.567. The highest BCUT2D eigenvalue weighted by molar-refractivity contribution is 5.28. The Morgan fingerprint density at radius 2 is 1.58 bits per heavy atom. The molecule has 0 aliphatic heterocycles. The molecule has 0 fully saturated rings. The zero-order chi connectivity index (χ0) is 15.5. The summed E-state index contributed by atoms with van der Waals surface area (Å²) in [6.07, 6.45) is 2.28. The van der Waals surface area contributed by atoms with Gasteiger partial charge in [0, 0.05) is 6.54 Å². The molecule has 1 aromatic carbocycles. The minimum absolute atomic E-state index is 0.567. The molecule has 0 saturated heterocycles. The van der Waals surface area contributed by atoms with Crippen molar-refractivity contribution in [3.8, 4) is 5.75 Å². The third-order valence-electron chi connectivity index (χ3n) is 1.82. The van der Waals surface area contributed by atoms with Gasteiger partial charge in [-0.25, -0.2) is 0 Å². The molecule has 1 rings (SSSR count). The summed E-state index contributed by atoms with van der Waals surface area (Å²) in [4.78, 5) is 0. The average molecular weight is 269 g/mol. The molecule has 2 heteroatoms. The maximum absolute atomic E-state index is 5.42. The summed E-state index contributed by atoms with van der Waals surface area (Å²) in [6, 6.07) is 8.20. The fraction of sp³-hybridized carbons (Fsp3) is 0.647. The van der Waals surface area contributed by atoms with Crippen LogP contribution in [0.3, 0.4) is 0 Å². The first-order valence-electron chi connectivity index (χ1n) is 7.78. The Bertz CT molecular complexity index is 249. The predicted octanol–water partition coefficient (Wildman–Crippen LogP) is 5.06. The summed E-state index contributed by atoms with van der Waals surface area (Å²) < 4.78 is 5.42. The summed E-state index contributed by atoms with van der Waals surface area (Å²) in [6.45, 7) is 15.3. The van der Waals surface area contributed by atoms with Crippen LogP contribution in [-0.4, -0.2) is 13.2 Å². The Labute approximate surface area is 121 Å². The molecule has 1 aromatic rings. The molecule has 0 atom stereocenters. The number of aryl methyl sites for hydroxylation is 1. The molecule has 2 nitrogen and oxygen atoms in total. The monoisotopic (exact) mass is 269 g/mol. The van der Waals surface area contributed by atoms with Crippen molar-refractivity contribution in [2.75, 3.05) is 13.2 Å². The lowest BCUT2D eigenvalue weighted by Gasteiger charge is -2.05. The van der Waals surface area contributed by atoms with Gasteiger partial charge < -0.3 is 10.5 Å². The quantitative estimate of drug-likeness (QED) is 0.811. The number of benzene rings is 1. The van der Waals surface area contributed by atoms with Crippen molar-refractivity contribution in [1.82, 2.24) is 0 Å². The number of nitrogens with two attached hydrogens (primary N) is 1. The van der Waals surface area contributed by atoms with Gasteiger partial charge in [0.25, 0.3) is 0 Å². The van der Waals surface area contributed by atoms with Crippen LogP contribution >= 0.6 is 0 Å². The van der Waals surface area contributed by atoms with Gasteiger partial charge in [-0.2, -0.15) is 0 Å². The molecule has 0 bridgehead atoms. The third-order valence-corrected chi connectivity index (χ3v) is 1.82. The standard InChI is InChI=1S/C11H17NO.3C2H6/c1-2-4-10-5-3-6-11(9-10)13-8-7-12;3*1-2/h3,5-6,9H,2,4,7-8,12H2,1H3;3*1-2H3. The highest BCUT2D eigenvalue weighted by atomic mass is 16.5. The van der Waals surface area contributed by atoms with Gasteiger partial charge in [0.2, 0.25) is 0 Å². The first-order chi connectivity index (χ1) is 9.36. The highest BCUT2D eigenvalue weighted by Gasteiger charge is 1.94. The highest BCUT2D eigenvalue weighted by Crippen LogP contribution is 2.14. The third kappa shape index (κ3) is 14.9. The molecule has 0 aliphatic carbocycles. The number of hydrogen-bond donors (Lipinski definition) is 1. The Morgan fingerprint density at radius 1 is 1.00 bits per heavy atom. The first kappa shape index (κ1) is 23.1. The smallest absolute Gasteiger partial charge is 0.119 e. The van der Waals surface area contributed by atoms with Crippen molar-refractivity contribution >= 4 is 0 Å². The van der Waals surface area contributed by atoms with Crippen molar-refractivity contribution in [3.05, 3.63) is 29.8 Å². The predicted molar refractivity (Wildman–Crippen MR) is 89.0 cm³/mol. The van der Waals surface area contributed by atoms with Gasteiger partial charge in [-0.05, 0) is 24.1 Å². The summed E-state index contributed by atoms with van der Waals surface area (Å²) in [5.41, 5.74) is 6.68. The SMILES string of the molecule is CC.CC.CC.CCCc1cccc(OCCN)c1. The Balaban J connectivity index is -0.000000375. The molecular weight excluding hydrogens is 234 g/mol. The van der Waals surface area contributed by atoms with E-state index in [0.29, 0.717) is 13.2 Å². The second-order valence-corrected chi connectivity index (χ2v) is 3.03. The molecule has 19 heavy (non-hydrogen) atoms. The molecule has 0 radical (unpaired) electrons. The molecule has 0 heterocycles. The lowest BCUT2D eigenvalue weighted by atomic mass is 10.1. The van der Waals surface area contributed by atoms with Crippen LogP contribution < -0.4 is 10.5 Å². The molecule has 0 amide bonds. The zero-order valence-corrected chi connectivity index (χ0v) is 14.1. The lowest BCUT2D eigenvalue weighted by Crippen LogP contribution is -2.10. The fourth-order valence-corrected chi connectivity index (χ4v) is 1.26. The first-order valence-corrected chi connectivity index (χ1v) is 7.78. The van der Waals surface area contributed by atoms with Crippen LogP contribution in [0.4, 0.5) is 0 Å². The van der Waals surface area contributed by atoms with E-state index in [1.807, 2.05) is 53.7 Å². The molecule has 2 N–H and O–H groups in total. The van der Waals surface area contributed by atoms with Gasteiger partial charge in [0.05, 0.1) is 0 Å². The second-order valence-electron chi connectivity index (χ2n) is 3.03. The molecule has 0 spiro atoms. The molecule has 114 valence electrons. The number of hydrogen-bond acceptors (Lipinski definition) is 2. The maximum Gasteiger partial charge on any atom is 0.119 e. The van der Waals surface area contributed by atoms with E-state index in [2.05, 4.69) is 19.1 Å². The van der Waals surface area contributed by atoms with Crippen LogP contribution in [0.1, 0.15) is 60.5 Å². The summed E-state index contributed by atoms with van der Waals surface area (Å²) in [7, 11) is 0. The van der Waals surface area contributed by atoms with Gasteiger partial charge in [-0.3, -0.25) is 0 Å². The number of rotatable bonds is 5. The van der Waals surface area contributed by atoms with Crippen molar-refractivity contribution < 1.29 is 4.74 Å². The van der Waals surface area contributed by atoms with E-state index in [-0.39, 0.29) is 0 Å². The van der Waals surface area contributed by atoms with Crippen LogP contribution in [0.15, 0.2) is 24.3 Å². The van der Waals surface area contributed by atoms with Gasteiger partial charge in [0.1, 0.15) is 12.4 Å². The summed E-state index contributed by atoms with van der Waals surface area (Å²) >= 11 is 0. The molecule has 0 saturated carbocycles. The van der Waals surface area contributed by atoms with E-state index < -0.39 is 0 Å². The summed E-state index contributed by atoms with van der Waals surface area (Å²) in [5, 5.41) is 0. The van der Waals surface area contributed by atoms with Gasteiger partial charge in [-0.15, -0.1) is 0 Å². The molecule has 0 aliphatic rings. The van der Waals surface area contributed by atoms with Crippen molar-refractivity contribution in [2.45, 2.75) is 61.3 Å². The van der Waals surface area contributed by atoms with E-state index in [4.69, 9.17) is 10.5 Å². The molecular formula is C17H35NO. The normalized spacial score (nSPS) is 7.79. The van der Waals surface area contributed by atoms with Crippen molar-refractivity contribution in [1.29, 1.82) is 0 Å². The van der Waals surface area contributed by atoms with E-state index >= 15 is 0 Å². The minimum Gasteiger partial charge on any atom is -0.492 e. The summed E-state index contributed by atoms with van der Waals surface area (Å²) in [5.74, 6) is 0.927. The van der Waals surface area contributed by atoms with Crippen molar-refractivity contribution in [3.63, 3.8) is 0 Å². The van der Waals surface area contributed by atoms with Gasteiger partial charge >= 0.3 is 0 Å². The van der Waals surface area contributed by atoms with Crippen LogP contribution in [0.25, 0.3) is 0 Å². The zero-order valence-electron chi connectivity index (χ0n) is 14.1. The van der Waals surface area contributed by atoms with Crippen LogP contribution in [0, 0.1) is 0 Å². The van der Waals surface area contributed by atoms with E-state index in [1.54, 1.807) is 0 Å². The molecule has 0 aromatic heterocycles. The van der Waals surface area contributed by atoms with Crippen LogP contribution in [-0.2, 0) is 6.42 Å². The second kappa shape index (κ2) is 22.2. The van der Waals surface area contributed by atoms with E-state index in [0.717, 1.165) is 12.2 Å². The van der Waals surface area contributed by atoms with Gasteiger partial charge in [0.15, 0.2) is 0 Å². The average Bonchev–Trinajstić information content (AvgIpc) is 2.52. The van der Waals surface area contributed by atoms with Crippen molar-refractivity contribution in [2.24, 2.45) is 5.73 Å². The fourth-order valence-electron chi connectivity index (χ4n) is 1.26. The van der Waals surface area contributed by atoms with E-state index in [1.165, 1.54) is 12.0 Å².